The Kier molecular flexibility index (Phi) is 4.48. The summed E-state index contributed by atoms with van der Waals surface area (Å²) >= 11 is 0. The molecule has 2 aromatic rings. The molecule has 0 amide bonds. The van der Waals surface area contributed by atoms with E-state index in [2.05, 4.69) is 0 Å². The SMILES string of the molecule is CCOC(=O)c1cc(N)ccc1N(C)c1ccc(C)cc1. The van der Waals surface area contributed by atoms with Crippen LogP contribution >= 0.6 is 0 Å². The summed E-state index contributed by atoms with van der Waals surface area (Å²) in [6.45, 7) is 4.16. The number of nitrogens with two attached hydrogens (primary N) is 1. The Bertz CT molecular complexity index is 636. The summed E-state index contributed by atoms with van der Waals surface area (Å²) in [4.78, 5) is 14.1. The highest BCUT2D eigenvalue weighted by Crippen LogP contribution is 2.29. The summed E-state index contributed by atoms with van der Waals surface area (Å²) in [6, 6.07) is 13.4. The van der Waals surface area contributed by atoms with Gasteiger partial charge in [-0.15, -0.1) is 0 Å². The molecule has 0 aromatic heterocycles. The number of carbonyl (C=O) groups excluding carboxylic acids is 1. The molecular weight excluding hydrogens is 264 g/mol. The third-order valence-electron chi connectivity index (χ3n) is 3.30. The number of rotatable bonds is 4. The minimum Gasteiger partial charge on any atom is -0.462 e. The van der Waals surface area contributed by atoms with Gasteiger partial charge in [0.1, 0.15) is 0 Å². The van der Waals surface area contributed by atoms with Gasteiger partial charge < -0.3 is 15.4 Å². The van der Waals surface area contributed by atoms with Gasteiger partial charge in [0, 0.05) is 18.4 Å². The number of hydrogen-bond acceptors (Lipinski definition) is 4. The second-order valence-corrected chi connectivity index (χ2v) is 4.89. The van der Waals surface area contributed by atoms with Crippen LogP contribution in [0.5, 0.6) is 0 Å². The fourth-order valence-corrected chi connectivity index (χ4v) is 2.13. The molecule has 2 rings (SSSR count). The fourth-order valence-electron chi connectivity index (χ4n) is 2.13. The quantitative estimate of drug-likeness (QED) is 0.689. The molecule has 4 nitrogen and oxygen atoms in total. The zero-order valence-electron chi connectivity index (χ0n) is 12.6. The largest absolute Gasteiger partial charge is 0.462 e. The lowest BCUT2D eigenvalue weighted by Gasteiger charge is -2.22. The van der Waals surface area contributed by atoms with Gasteiger partial charge in [-0.05, 0) is 44.2 Å². The minimum atomic E-state index is -0.362. The molecule has 0 bridgehead atoms. The Balaban J connectivity index is 2.42. The summed E-state index contributed by atoms with van der Waals surface area (Å²) in [6.07, 6.45) is 0. The predicted molar refractivity (Wildman–Crippen MR) is 86.1 cm³/mol. The standard InChI is InChI=1S/C17H20N2O2/c1-4-21-17(20)15-11-13(18)7-10-16(15)19(3)14-8-5-12(2)6-9-14/h5-11H,4,18H2,1-3H3. The first kappa shape index (κ1) is 14.9. The Hall–Kier alpha value is -2.49. The van der Waals surface area contributed by atoms with Crippen LogP contribution in [-0.4, -0.2) is 19.6 Å². The van der Waals surface area contributed by atoms with Crippen molar-refractivity contribution in [2.45, 2.75) is 13.8 Å². The summed E-state index contributed by atoms with van der Waals surface area (Å²) < 4.78 is 5.11. The van der Waals surface area contributed by atoms with Crippen molar-refractivity contribution >= 4 is 23.0 Å². The van der Waals surface area contributed by atoms with Gasteiger partial charge in [-0.2, -0.15) is 0 Å². The Morgan fingerprint density at radius 2 is 1.86 bits per heavy atom. The smallest absolute Gasteiger partial charge is 0.340 e. The van der Waals surface area contributed by atoms with Crippen molar-refractivity contribution < 1.29 is 9.53 Å². The average Bonchev–Trinajstić information content (AvgIpc) is 2.47. The maximum atomic E-state index is 12.1. The molecule has 0 atom stereocenters. The third kappa shape index (κ3) is 3.34. The van der Waals surface area contributed by atoms with E-state index >= 15 is 0 Å². The fraction of sp³-hybridized carbons (Fsp3) is 0.235. The molecule has 0 aliphatic carbocycles. The maximum absolute atomic E-state index is 12.1. The van der Waals surface area contributed by atoms with Crippen LogP contribution in [0.15, 0.2) is 42.5 Å². The Morgan fingerprint density at radius 1 is 1.19 bits per heavy atom. The first-order valence-electron chi connectivity index (χ1n) is 6.90. The van der Waals surface area contributed by atoms with Gasteiger partial charge in [-0.25, -0.2) is 4.79 Å². The van der Waals surface area contributed by atoms with Crippen molar-refractivity contribution in [3.8, 4) is 0 Å². The van der Waals surface area contributed by atoms with E-state index in [1.807, 2.05) is 49.2 Å². The summed E-state index contributed by atoms with van der Waals surface area (Å²) in [7, 11) is 1.92. The van der Waals surface area contributed by atoms with Crippen molar-refractivity contribution in [2.75, 3.05) is 24.3 Å². The molecule has 21 heavy (non-hydrogen) atoms. The normalized spacial score (nSPS) is 10.2. The lowest BCUT2D eigenvalue weighted by molar-refractivity contribution is 0.0527. The lowest BCUT2D eigenvalue weighted by atomic mass is 10.1. The molecule has 2 N–H and O–H groups in total. The molecule has 0 saturated heterocycles. The number of aryl methyl sites for hydroxylation is 1. The van der Waals surface area contributed by atoms with Crippen LogP contribution in [0.4, 0.5) is 17.1 Å². The van der Waals surface area contributed by atoms with Gasteiger partial charge in [-0.3, -0.25) is 0 Å². The minimum absolute atomic E-state index is 0.335. The first-order valence-corrected chi connectivity index (χ1v) is 6.90. The second-order valence-electron chi connectivity index (χ2n) is 4.89. The van der Waals surface area contributed by atoms with Gasteiger partial charge in [0.2, 0.25) is 0 Å². The van der Waals surface area contributed by atoms with Crippen LogP contribution in [0.2, 0.25) is 0 Å². The molecule has 0 aliphatic rings. The van der Waals surface area contributed by atoms with Crippen molar-refractivity contribution in [3.05, 3.63) is 53.6 Å². The number of nitrogen functional groups attached to an aromatic ring is 1. The molecule has 0 radical (unpaired) electrons. The van der Waals surface area contributed by atoms with Crippen LogP contribution in [0, 0.1) is 6.92 Å². The van der Waals surface area contributed by atoms with Crippen molar-refractivity contribution in [1.82, 2.24) is 0 Å². The first-order chi connectivity index (χ1) is 10.0. The van der Waals surface area contributed by atoms with Crippen molar-refractivity contribution in [1.29, 1.82) is 0 Å². The summed E-state index contributed by atoms with van der Waals surface area (Å²) in [5.74, 6) is -0.362. The van der Waals surface area contributed by atoms with Crippen LogP contribution in [0.1, 0.15) is 22.8 Å². The molecule has 0 fully saturated rings. The van der Waals surface area contributed by atoms with Gasteiger partial charge in [0.15, 0.2) is 0 Å². The number of benzene rings is 2. The lowest BCUT2D eigenvalue weighted by Crippen LogP contribution is -2.16. The van der Waals surface area contributed by atoms with E-state index in [0.29, 0.717) is 17.9 Å². The van der Waals surface area contributed by atoms with E-state index in [-0.39, 0.29) is 5.97 Å². The zero-order valence-corrected chi connectivity index (χ0v) is 12.6. The third-order valence-corrected chi connectivity index (χ3v) is 3.30. The van der Waals surface area contributed by atoms with E-state index in [4.69, 9.17) is 10.5 Å². The topological polar surface area (TPSA) is 55.6 Å². The number of ether oxygens (including phenoxy) is 1. The second kappa shape index (κ2) is 6.31. The van der Waals surface area contributed by atoms with Crippen molar-refractivity contribution in [3.63, 3.8) is 0 Å². The number of carbonyl (C=O) groups is 1. The molecular formula is C17H20N2O2. The van der Waals surface area contributed by atoms with Crippen LogP contribution in [0.3, 0.4) is 0 Å². The molecule has 0 spiro atoms. The number of esters is 1. The summed E-state index contributed by atoms with van der Waals surface area (Å²) in [5, 5.41) is 0. The van der Waals surface area contributed by atoms with Crippen LogP contribution in [-0.2, 0) is 4.74 Å². The monoisotopic (exact) mass is 284 g/mol. The van der Waals surface area contributed by atoms with Gasteiger partial charge in [0.25, 0.3) is 0 Å². The molecule has 110 valence electrons. The average molecular weight is 284 g/mol. The number of nitrogens with zero attached hydrogens (tertiary/aromatic N) is 1. The number of hydrogen-bond donors (Lipinski definition) is 1. The van der Waals surface area contributed by atoms with Crippen LogP contribution in [0.25, 0.3) is 0 Å². The Morgan fingerprint density at radius 3 is 2.48 bits per heavy atom. The zero-order chi connectivity index (χ0) is 15.4. The highest BCUT2D eigenvalue weighted by atomic mass is 16.5. The highest BCUT2D eigenvalue weighted by molar-refractivity contribution is 5.98. The molecule has 0 unspecified atom stereocenters. The van der Waals surface area contributed by atoms with E-state index in [0.717, 1.165) is 11.4 Å². The highest BCUT2D eigenvalue weighted by Gasteiger charge is 2.16. The van der Waals surface area contributed by atoms with Gasteiger partial charge in [-0.1, -0.05) is 17.7 Å². The molecule has 0 aliphatic heterocycles. The molecule has 2 aromatic carbocycles. The molecule has 0 heterocycles. The molecule has 0 saturated carbocycles. The number of anilines is 3. The summed E-state index contributed by atoms with van der Waals surface area (Å²) in [5.41, 5.74) is 9.76. The van der Waals surface area contributed by atoms with E-state index in [9.17, 15) is 4.79 Å². The van der Waals surface area contributed by atoms with Crippen molar-refractivity contribution in [2.24, 2.45) is 0 Å². The van der Waals surface area contributed by atoms with Gasteiger partial charge in [0.05, 0.1) is 17.9 Å². The molecule has 4 heteroatoms. The van der Waals surface area contributed by atoms with E-state index in [1.54, 1.807) is 19.1 Å². The maximum Gasteiger partial charge on any atom is 0.340 e. The van der Waals surface area contributed by atoms with Crippen LogP contribution < -0.4 is 10.6 Å². The van der Waals surface area contributed by atoms with E-state index in [1.165, 1.54) is 5.56 Å². The van der Waals surface area contributed by atoms with Gasteiger partial charge >= 0.3 is 5.97 Å². The Labute approximate surface area is 125 Å². The van der Waals surface area contributed by atoms with E-state index < -0.39 is 0 Å². The predicted octanol–water partition coefficient (Wildman–Crippen LogP) is 3.52.